The van der Waals surface area contributed by atoms with E-state index in [1.54, 1.807) is 10.9 Å². The third-order valence-electron chi connectivity index (χ3n) is 4.36. The van der Waals surface area contributed by atoms with Gasteiger partial charge in [0.25, 0.3) is 5.56 Å². The van der Waals surface area contributed by atoms with E-state index in [9.17, 15) is 9.59 Å². The minimum Gasteiger partial charge on any atom is -0.348 e. The first-order valence-corrected chi connectivity index (χ1v) is 8.66. The van der Waals surface area contributed by atoms with Crippen molar-refractivity contribution in [2.75, 3.05) is 0 Å². The number of amides is 1. The number of fused-ring (bicyclic) bond motifs is 1. The van der Waals surface area contributed by atoms with Crippen molar-refractivity contribution in [3.8, 4) is 0 Å². The van der Waals surface area contributed by atoms with Crippen LogP contribution in [0.3, 0.4) is 0 Å². The second kappa shape index (κ2) is 7.11. The monoisotopic (exact) mass is 353 g/mol. The molecular weight excluding hydrogens is 330 g/mol. The van der Waals surface area contributed by atoms with Crippen molar-refractivity contribution in [3.05, 3.63) is 58.1 Å². The summed E-state index contributed by atoms with van der Waals surface area (Å²) in [5.74, 6) is -0.261. The molecule has 3 aromatic rings. The van der Waals surface area contributed by atoms with E-state index in [0.717, 1.165) is 5.56 Å². The Morgan fingerprint density at radius 3 is 2.46 bits per heavy atom. The Bertz CT molecular complexity index is 985. The molecule has 0 saturated heterocycles. The predicted molar refractivity (Wildman–Crippen MR) is 99.9 cm³/mol. The van der Waals surface area contributed by atoms with Crippen LogP contribution in [0.4, 0.5) is 0 Å². The minimum atomic E-state index is -0.312. The van der Waals surface area contributed by atoms with Gasteiger partial charge in [0.2, 0.25) is 5.91 Å². The number of rotatable bonds is 5. The van der Waals surface area contributed by atoms with Crippen molar-refractivity contribution in [1.29, 1.82) is 0 Å². The summed E-state index contributed by atoms with van der Waals surface area (Å²) in [7, 11) is 0. The van der Waals surface area contributed by atoms with Crippen LogP contribution in [0, 0.1) is 6.92 Å². The highest BCUT2D eigenvalue weighted by atomic mass is 16.2. The molecule has 0 aliphatic carbocycles. The summed E-state index contributed by atoms with van der Waals surface area (Å²) in [6, 6.07) is 7.96. The molecule has 3 rings (SSSR count). The van der Waals surface area contributed by atoms with E-state index in [2.05, 4.69) is 15.5 Å². The SMILES string of the molecule is Cc1ccc(C(C)NC(=O)Cn2ncc3c(cnn3C(C)C)c2=O)cc1. The largest absolute Gasteiger partial charge is 0.348 e. The van der Waals surface area contributed by atoms with Crippen LogP contribution in [0.25, 0.3) is 10.9 Å². The number of benzene rings is 1. The number of aryl methyl sites for hydroxylation is 1. The molecule has 1 amide bonds. The number of aromatic nitrogens is 4. The van der Waals surface area contributed by atoms with Gasteiger partial charge in [-0.2, -0.15) is 10.2 Å². The number of carbonyl (C=O) groups is 1. The molecule has 7 nitrogen and oxygen atoms in total. The molecule has 0 radical (unpaired) electrons. The second-order valence-corrected chi connectivity index (χ2v) is 6.79. The van der Waals surface area contributed by atoms with Gasteiger partial charge in [-0.1, -0.05) is 29.8 Å². The summed E-state index contributed by atoms with van der Waals surface area (Å²) in [5, 5.41) is 11.7. The first-order chi connectivity index (χ1) is 12.4. The molecule has 7 heteroatoms. The maximum Gasteiger partial charge on any atom is 0.278 e. The van der Waals surface area contributed by atoms with Gasteiger partial charge in [-0.25, -0.2) is 4.68 Å². The molecule has 136 valence electrons. The van der Waals surface area contributed by atoms with Gasteiger partial charge in [-0.15, -0.1) is 0 Å². The molecule has 1 atom stereocenters. The fourth-order valence-electron chi connectivity index (χ4n) is 2.87. The highest BCUT2D eigenvalue weighted by Gasteiger charge is 2.15. The van der Waals surface area contributed by atoms with Gasteiger partial charge in [0, 0.05) is 6.04 Å². The topological polar surface area (TPSA) is 81.8 Å². The van der Waals surface area contributed by atoms with E-state index >= 15 is 0 Å². The van der Waals surface area contributed by atoms with Crippen LogP contribution < -0.4 is 10.9 Å². The zero-order chi connectivity index (χ0) is 18.8. The third-order valence-corrected chi connectivity index (χ3v) is 4.36. The average Bonchev–Trinajstić information content (AvgIpc) is 3.03. The highest BCUT2D eigenvalue weighted by molar-refractivity contribution is 5.78. The normalized spacial score (nSPS) is 12.5. The second-order valence-electron chi connectivity index (χ2n) is 6.79. The number of hydrogen-bond donors (Lipinski definition) is 1. The summed E-state index contributed by atoms with van der Waals surface area (Å²) >= 11 is 0. The van der Waals surface area contributed by atoms with E-state index in [0.29, 0.717) is 10.9 Å². The maximum atomic E-state index is 12.6. The zero-order valence-electron chi connectivity index (χ0n) is 15.4. The quantitative estimate of drug-likeness (QED) is 0.763. The summed E-state index contributed by atoms with van der Waals surface area (Å²) in [6.45, 7) is 7.77. The van der Waals surface area contributed by atoms with Crippen molar-refractivity contribution >= 4 is 16.8 Å². The molecule has 1 N–H and O–H groups in total. The number of hydrogen-bond acceptors (Lipinski definition) is 4. The summed E-state index contributed by atoms with van der Waals surface area (Å²) in [4.78, 5) is 24.9. The van der Waals surface area contributed by atoms with E-state index in [1.165, 1.54) is 16.4 Å². The molecule has 0 bridgehead atoms. The molecule has 0 fully saturated rings. The molecule has 0 aliphatic heterocycles. The van der Waals surface area contributed by atoms with Crippen LogP contribution in [0.1, 0.15) is 44.0 Å². The molecule has 0 aliphatic rings. The molecule has 2 aromatic heterocycles. The highest BCUT2D eigenvalue weighted by Crippen LogP contribution is 2.14. The Morgan fingerprint density at radius 1 is 1.12 bits per heavy atom. The van der Waals surface area contributed by atoms with E-state index in [-0.39, 0.29) is 30.1 Å². The zero-order valence-corrected chi connectivity index (χ0v) is 15.4. The first-order valence-electron chi connectivity index (χ1n) is 8.66. The van der Waals surface area contributed by atoms with E-state index in [1.807, 2.05) is 52.0 Å². The Kier molecular flexibility index (Phi) is 4.88. The number of nitrogens with one attached hydrogen (secondary N) is 1. The smallest absolute Gasteiger partial charge is 0.278 e. The van der Waals surface area contributed by atoms with Crippen molar-refractivity contribution in [3.63, 3.8) is 0 Å². The van der Waals surface area contributed by atoms with Crippen LogP contribution in [0.15, 0.2) is 41.5 Å². The van der Waals surface area contributed by atoms with Crippen molar-refractivity contribution in [2.24, 2.45) is 0 Å². The van der Waals surface area contributed by atoms with Gasteiger partial charge >= 0.3 is 0 Å². The van der Waals surface area contributed by atoms with E-state index in [4.69, 9.17) is 0 Å². The van der Waals surface area contributed by atoms with Crippen LogP contribution in [-0.2, 0) is 11.3 Å². The number of nitrogens with zero attached hydrogens (tertiary/aromatic N) is 4. The summed E-state index contributed by atoms with van der Waals surface area (Å²) in [5.41, 5.74) is 2.54. The molecule has 0 saturated carbocycles. The first kappa shape index (κ1) is 17.8. The van der Waals surface area contributed by atoms with E-state index < -0.39 is 0 Å². The minimum absolute atomic E-state index is 0.127. The van der Waals surface area contributed by atoms with Crippen molar-refractivity contribution in [1.82, 2.24) is 24.9 Å². The molecule has 1 aromatic carbocycles. The average molecular weight is 353 g/mol. The van der Waals surface area contributed by atoms with Crippen LogP contribution in [0.5, 0.6) is 0 Å². The summed E-state index contributed by atoms with van der Waals surface area (Å²) in [6.07, 6.45) is 3.11. The Morgan fingerprint density at radius 2 is 1.81 bits per heavy atom. The molecular formula is C19H23N5O2. The van der Waals surface area contributed by atoms with Crippen LogP contribution in [-0.4, -0.2) is 25.5 Å². The molecule has 1 unspecified atom stereocenters. The number of carbonyl (C=O) groups excluding carboxylic acids is 1. The lowest BCUT2D eigenvalue weighted by Crippen LogP contribution is -2.34. The van der Waals surface area contributed by atoms with Gasteiger partial charge in [0.15, 0.2) is 0 Å². The molecule has 2 heterocycles. The van der Waals surface area contributed by atoms with Gasteiger partial charge in [0.1, 0.15) is 6.54 Å². The van der Waals surface area contributed by atoms with Gasteiger partial charge in [0.05, 0.1) is 29.3 Å². The fraction of sp³-hybridized carbons (Fsp3) is 0.368. The Balaban J connectivity index is 1.76. The molecule has 0 spiro atoms. The lowest BCUT2D eigenvalue weighted by Gasteiger charge is -2.15. The summed E-state index contributed by atoms with van der Waals surface area (Å²) < 4.78 is 2.92. The van der Waals surface area contributed by atoms with Crippen LogP contribution >= 0.6 is 0 Å². The van der Waals surface area contributed by atoms with Crippen molar-refractivity contribution < 1.29 is 4.79 Å². The standard InChI is InChI=1S/C19H23N5O2/c1-12(2)24-17-10-20-23(19(26)16(17)9-21-24)11-18(25)22-14(4)15-7-5-13(3)6-8-15/h5-10,12,14H,11H2,1-4H3,(H,22,25). The van der Waals surface area contributed by atoms with Gasteiger partial charge in [-0.3, -0.25) is 14.3 Å². The van der Waals surface area contributed by atoms with Gasteiger partial charge < -0.3 is 5.32 Å². The Labute approximate surface area is 151 Å². The van der Waals surface area contributed by atoms with Crippen LogP contribution in [0.2, 0.25) is 0 Å². The van der Waals surface area contributed by atoms with Crippen molar-refractivity contribution in [2.45, 2.75) is 46.3 Å². The maximum absolute atomic E-state index is 12.6. The third kappa shape index (κ3) is 3.51. The predicted octanol–water partition coefficient (Wildman–Crippen LogP) is 2.36. The van der Waals surface area contributed by atoms with Gasteiger partial charge in [-0.05, 0) is 33.3 Å². The lowest BCUT2D eigenvalue weighted by molar-refractivity contribution is -0.122. The fourth-order valence-corrected chi connectivity index (χ4v) is 2.87. The lowest BCUT2D eigenvalue weighted by atomic mass is 10.1. The Hall–Kier alpha value is -2.96. The molecule has 26 heavy (non-hydrogen) atoms.